The standard InChI is InChI=1S/C17H26N2O/c1-2-18-14-15-7-8-17-16(13-15)9-11-19(17)10-5-3-4-6-12-20/h7-9,11,13,18,20H,2-6,10,12,14H2,1H3. The lowest BCUT2D eigenvalue weighted by atomic mass is 10.1. The summed E-state index contributed by atoms with van der Waals surface area (Å²) in [5, 5.41) is 13.5. The maximum Gasteiger partial charge on any atom is 0.0480 e. The Morgan fingerprint density at radius 1 is 1.10 bits per heavy atom. The van der Waals surface area contributed by atoms with Crippen LogP contribution in [0.2, 0.25) is 0 Å². The molecule has 0 radical (unpaired) electrons. The summed E-state index contributed by atoms with van der Waals surface area (Å²) in [7, 11) is 0. The molecule has 3 nitrogen and oxygen atoms in total. The molecule has 0 bridgehead atoms. The number of fused-ring (bicyclic) bond motifs is 1. The van der Waals surface area contributed by atoms with Gasteiger partial charge >= 0.3 is 0 Å². The lowest BCUT2D eigenvalue weighted by molar-refractivity contribution is 0.282. The van der Waals surface area contributed by atoms with Crippen molar-refractivity contribution >= 4 is 10.9 Å². The van der Waals surface area contributed by atoms with Crippen LogP contribution < -0.4 is 5.32 Å². The SMILES string of the molecule is CCNCc1ccc2c(ccn2CCCCCCO)c1. The van der Waals surface area contributed by atoms with E-state index in [-0.39, 0.29) is 0 Å². The van der Waals surface area contributed by atoms with Crippen molar-refractivity contribution in [3.63, 3.8) is 0 Å². The number of nitrogens with zero attached hydrogens (tertiary/aromatic N) is 1. The van der Waals surface area contributed by atoms with Crippen molar-refractivity contribution in [1.29, 1.82) is 0 Å². The van der Waals surface area contributed by atoms with Crippen LogP contribution in [0.4, 0.5) is 0 Å². The van der Waals surface area contributed by atoms with Gasteiger partial charge in [-0.15, -0.1) is 0 Å². The quantitative estimate of drug-likeness (QED) is 0.688. The van der Waals surface area contributed by atoms with Crippen molar-refractivity contribution in [2.75, 3.05) is 13.2 Å². The molecule has 1 aromatic heterocycles. The van der Waals surface area contributed by atoms with Gasteiger partial charge in [0.15, 0.2) is 0 Å². The molecule has 1 aromatic carbocycles. The number of aliphatic hydroxyl groups excluding tert-OH is 1. The Bertz CT molecular complexity index is 519. The molecule has 0 saturated carbocycles. The maximum atomic E-state index is 8.77. The monoisotopic (exact) mass is 274 g/mol. The third-order valence-corrected chi connectivity index (χ3v) is 3.72. The van der Waals surface area contributed by atoms with E-state index in [4.69, 9.17) is 5.11 Å². The predicted octanol–water partition coefficient (Wildman–Crippen LogP) is 3.30. The Hall–Kier alpha value is -1.32. The Labute approximate surface area is 121 Å². The normalized spacial score (nSPS) is 11.3. The van der Waals surface area contributed by atoms with Gasteiger partial charge in [0.25, 0.3) is 0 Å². The van der Waals surface area contributed by atoms with Gasteiger partial charge in [-0.3, -0.25) is 0 Å². The summed E-state index contributed by atoms with van der Waals surface area (Å²) in [6.07, 6.45) is 6.62. The van der Waals surface area contributed by atoms with Gasteiger partial charge in [0, 0.05) is 31.4 Å². The zero-order chi connectivity index (χ0) is 14.2. The van der Waals surface area contributed by atoms with Gasteiger partial charge in [0.05, 0.1) is 0 Å². The molecule has 0 unspecified atom stereocenters. The highest BCUT2D eigenvalue weighted by molar-refractivity contribution is 5.80. The molecule has 1 heterocycles. The molecule has 110 valence electrons. The van der Waals surface area contributed by atoms with Gasteiger partial charge in [-0.25, -0.2) is 0 Å². The third kappa shape index (κ3) is 4.09. The van der Waals surface area contributed by atoms with Crippen LogP contribution in [0, 0.1) is 0 Å². The lowest BCUT2D eigenvalue weighted by Crippen LogP contribution is -2.11. The Balaban J connectivity index is 1.94. The van der Waals surface area contributed by atoms with E-state index in [0.29, 0.717) is 6.61 Å². The first-order valence-corrected chi connectivity index (χ1v) is 7.74. The molecule has 2 N–H and O–H groups in total. The summed E-state index contributed by atoms with van der Waals surface area (Å²) < 4.78 is 2.34. The molecule has 0 atom stereocenters. The molecule has 0 aliphatic carbocycles. The molecule has 0 aliphatic heterocycles. The van der Waals surface area contributed by atoms with Gasteiger partial charge < -0.3 is 15.0 Å². The number of aryl methyl sites for hydroxylation is 1. The minimum atomic E-state index is 0.320. The number of aliphatic hydroxyl groups is 1. The zero-order valence-corrected chi connectivity index (χ0v) is 12.4. The number of hydrogen-bond acceptors (Lipinski definition) is 2. The number of hydrogen-bond donors (Lipinski definition) is 2. The van der Waals surface area contributed by atoms with E-state index in [1.54, 1.807) is 0 Å². The molecule has 20 heavy (non-hydrogen) atoms. The number of aromatic nitrogens is 1. The van der Waals surface area contributed by atoms with Crippen molar-refractivity contribution in [1.82, 2.24) is 9.88 Å². The van der Waals surface area contributed by atoms with E-state index >= 15 is 0 Å². The highest BCUT2D eigenvalue weighted by atomic mass is 16.2. The highest BCUT2D eigenvalue weighted by Crippen LogP contribution is 2.18. The summed E-state index contributed by atoms with van der Waals surface area (Å²) >= 11 is 0. The van der Waals surface area contributed by atoms with Crippen LogP contribution in [-0.2, 0) is 13.1 Å². The molecule has 2 aromatic rings. The van der Waals surface area contributed by atoms with Gasteiger partial charge in [-0.2, -0.15) is 0 Å². The largest absolute Gasteiger partial charge is 0.396 e. The fourth-order valence-corrected chi connectivity index (χ4v) is 2.57. The van der Waals surface area contributed by atoms with E-state index in [1.807, 2.05) is 0 Å². The second-order valence-corrected chi connectivity index (χ2v) is 5.32. The van der Waals surface area contributed by atoms with Crippen LogP contribution >= 0.6 is 0 Å². The molecule has 0 saturated heterocycles. The Kier molecular flexibility index (Phi) is 6.09. The molecule has 0 aliphatic rings. The Morgan fingerprint density at radius 3 is 2.75 bits per heavy atom. The maximum absolute atomic E-state index is 8.77. The molecular weight excluding hydrogens is 248 g/mol. The van der Waals surface area contributed by atoms with E-state index in [2.05, 4.69) is 47.3 Å². The van der Waals surface area contributed by atoms with Crippen LogP contribution in [-0.4, -0.2) is 22.8 Å². The molecule has 0 amide bonds. The van der Waals surface area contributed by atoms with Crippen LogP contribution in [0.3, 0.4) is 0 Å². The zero-order valence-electron chi connectivity index (χ0n) is 12.4. The first-order chi connectivity index (χ1) is 9.85. The van der Waals surface area contributed by atoms with Crippen LogP contribution in [0.15, 0.2) is 30.5 Å². The smallest absolute Gasteiger partial charge is 0.0480 e. The lowest BCUT2D eigenvalue weighted by Gasteiger charge is -2.07. The molecular formula is C17H26N2O. The van der Waals surface area contributed by atoms with Crippen molar-refractivity contribution < 1.29 is 5.11 Å². The average molecular weight is 274 g/mol. The van der Waals surface area contributed by atoms with E-state index in [9.17, 15) is 0 Å². The Morgan fingerprint density at radius 2 is 1.95 bits per heavy atom. The first kappa shape index (κ1) is 15.1. The van der Waals surface area contributed by atoms with Crippen molar-refractivity contribution in [3.05, 3.63) is 36.0 Å². The van der Waals surface area contributed by atoms with E-state index < -0.39 is 0 Å². The summed E-state index contributed by atoms with van der Waals surface area (Å²) in [6.45, 7) is 5.47. The van der Waals surface area contributed by atoms with Gasteiger partial charge in [0.1, 0.15) is 0 Å². The van der Waals surface area contributed by atoms with Crippen molar-refractivity contribution in [2.24, 2.45) is 0 Å². The topological polar surface area (TPSA) is 37.2 Å². The fourth-order valence-electron chi connectivity index (χ4n) is 2.57. The highest BCUT2D eigenvalue weighted by Gasteiger charge is 2.02. The second kappa shape index (κ2) is 8.08. The number of unbranched alkanes of at least 4 members (excludes halogenated alkanes) is 3. The minimum Gasteiger partial charge on any atom is -0.396 e. The van der Waals surface area contributed by atoms with Crippen LogP contribution in [0.5, 0.6) is 0 Å². The fraction of sp³-hybridized carbons (Fsp3) is 0.529. The van der Waals surface area contributed by atoms with Crippen LogP contribution in [0.1, 0.15) is 38.2 Å². The molecule has 3 heteroatoms. The predicted molar refractivity (Wildman–Crippen MR) is 84.9 cm³/mol. The van der Waals surface area contributed by atoms with Gasteiger partial charge in [-0.05, 0) is 48.5 Å². The number of benzene rings is 1. The third-order valence-electron chi connectivity index (χ3n) is 3.72. The summed E-state index contributed by atoms with van der Waals surface area (Å²) in [5.74, 6) is 0. The molecule has 2 rings (SSSR count). The van der Waals surface area contributed by atoms with E-state index in [1.165, 1.54) is 29.3 Å². The molecule has 0 spiro atoms. The van der Waals surface area contributed by atoms with Gasteiger partial charge in [-0.1, -0.05) is 25.8 Å². The minimum absolute atomic E-state index is 0.320. The summed E-state index contributed by atoms with van der Waals surface area (Å²) in [6, 6.07) is 8.93. The number of rotatable bonds is 9. The van der Waals surface area contributed by atoms with Crippen molar-refractivity contribution in [2.45, 2.75) is 45.7 Å². The first-order valence-electron chi connectivity index (χ1n) is 7.74. The van der Waals surface area contributed by atoms with E-state index in [0.717, 1.165) is 32.5 Å². The average Bonchev–Trinajstić information content (AvgIpc) is 2.87. The van der Waals surface area contributed by atoms with Gasteiger partial charge in [0.2, 0.25) is 0 Å². The molecule has 0 fully saturated rings. The second-order valence-electron chi connectivity index (χ2n) is 5.32. The summed E-state index contributed by atoms with van der Waals surface area (Å²) in [4.78, 5) is 0. The van der Waals surface area contributed by atoms with Crippen LogP contribution in [0.25, 0.3) is 10.9 Å². The van der Waals surface area contributed by atoms with Crippen molar-refractivity contribution in [3.8, 4) is 0 Å². The summed E-state index contributed by atoms with van der Waals surface area (Å²) in [5.41, 5.74) is 2.67. The number of nitrogens with one attached hydrogen (secondary N) is 1.